The van der Waals surface area contributed by atoms with E-state index in [1.807, 2.05) is 36.4 Å². The molecule has 0 atom stereocenters. The Labute approximate surface area is 163 Å². The van der Waals surface area contributed by atoms with E-state index in [9.17, 15) is 13.2 Å². The summed E-state index contributed by atoms with van der Waals surface area (Å²) in [5, 5.41) is 2.78. The van der Waals surface area contributed by atoms with Gasteiger partial charge >= 0.3 is 0 Å². The molecule has 0 saturated heterocycles. The zero-order chi connectivity index (χ0) is 19.7. The number of nitrogens with zero attached hydrogens (tertiary/aromatic N) is 3. The van der Waals surface area contributed by atoms with E-state index in [1.54, 1.807) is 19.3 Å². The summed E-state index contributed by atoms with van der Waals surface area (Å²) in [6, 6.07) is 14.4. The Kier molecular flexibility index (Phi) is 4.64. The number of fused-ring (bicyclic) bond motifs is 1. The van der Waals surface area contributed by atoms with Crippen molar-refractivity contribution in [3.63, 3.8) is 0 Å². The first kappa shape index (κ1) is 18.2. The second-order valence-electron chi connectivity index (χ2n) is 6.63. The first-order valence-corrected chi connectivity index (χ1v) is 10.4. The number of para-hydroxylation sites is 1. The van der Waals surface area contributed by atoms with Crippen molar-refractivity contribution >= 4 is 21.6 Å². The number of aryl methyl sites for hydroxylation is 1. The number of sulfonamides is 1. The predicted molar refractivity (Wildman–Crippen MR) is 105 cm³/mol. The van der Waals surface area contributed by atoms with Crippen molar-refractivity contribution in [2.24, 2.45) is 7.05 Å². The van der Waals surface area contributed by atoms with Crippen LogP contribution in [0.25, 0.3) is 0 Å². The molecule has 1 aliphatic heterocycles. The topological polar surface area (TPSA) is 84.3 Å². The normalized spacial score (nSPS) is 13.4. The maximum Gasteiger partial charge on any atom is 0.268 e. The number of hydrogen-bond donors (Lipinski definition) is 1. The second kappa shape index (κ2) is 7.12. The highest BCUT2D eigenvalue weighted by Crippen LogP contribution is 2.33. The Morgan fingerprint density at radius 2 is 1.96 bits per heavy atom. The van der Waals surface area contributed by atoms with Crippen molar-refractivity contribution in [2.75, 3.05) is 10.8 Å². The van der Waals surface area contributed by atoms with Crippen LogP contribution < -0.4 is 9.62 Å². The highest BCUT2D eigenvalue weighted by Gasteiger charge is 2.32. The molecule has 7 nitrogen and oxygen atoms in total. The molecule has 4 rings (SSSR count). The summed E-state index contributed by atoms with van der Waals surface area (Å²) in [4.78, 5) is 16.8. The lowest BCUT2D eigenvalue weighted by Crippen LogP contribution is -2.28. The third kappa shape index (κ3) is 3.27. The minimum Gasteiger partial charge on any atom is -0.345 e. The van der Waals surface area contributed by atoms with Crippen LogP contribution in [0, 0.1) is 0 Å². The van der Waals surface area contributed by atoms with Crippen molar-refractivity contribution in [1.82, 2.24) is 14.9 Å². The third-order valence-corrected chi connectivity index (χ3v) is 6.58. The van der Waals surface area contributed by atoms with Gasteiger partial charge in [-0.2, -0.15) is 0 Å². The summed E-state index contributed by atoms with van der Waals surface area (Å²) in [6.45, 7) is 0.671. The molecule has 8 heteroatoms. The molecule has 3 heterocycles. The van der Waals surface area contributed by atoms with Crippen LogP contribution in [-0.2, 0) is 30.0 Å². The minimum absolute atomic E-state index is 0.106. The monoisotopic (exact) mass is 396 g/mol. The zero-order valence-electron chi connectivity index (χ0n) is 15.4. The lowest BCUT2D eigenvalue weighted by molar-refractivity contribution is 0.0942. The van der Waals surface area contributed by atoms with Crippen molar-refractivity contribution in [2.45, 2.75) is 17.9 Å². The van der Waals surface area contributed by atoms with Gasteiger partial charge in [-0.15, -0.1) is 0 Å². The Morgan fingerprint density at radius 3 is 2.75 bits per heavy atom. The van der Waals surface area contributed by atoms with E-state index in [2.05, 4.69) is 10.3 Å². The van der Waals surface area contributed by atoms with Gasteiger partial charge in [-0.3, -0.25) is 14.1 Å². The van der Waals surface area contributed by atoms with Crippen molar-refractivity contribution in [3.05, 3.63) is 77.9 Å². The standard InChI is InChI=1S/C20H20N4O3S/c1-23-14-17(12-19(23)20(25)22-13-16-7-4-5-10-21-16)28(26,27)24-11-9-15-6-2-3-8-18(15)24/h2-8,10,12,14H,9,11,13H2,1H3,(H,22,25). The average molecular weight is 396 g/mol. The first-order chi connectivity index (χ1) is 13.5. The minimum atomic E-state index is -3.73. The van der Waals surface area contributed by atoms with Gasteiger partial charge in [0.25, 0.3) is 15.9 Å². The Morgan fingerprint density at radius 1 is 1.18 bits per heavy atom. The number of nitrogens with one attached hydrogen (secondary N) is 1. The van der Waals surface area contributed by atoms with E-state index in [0.717, 1.165) is 11.3 Å². The molecule has 0 aliphatic carbocycles. The number of carbonyl (C=O) groups excluding carboxylic acids is 1. The van der Waals surface area contributed by atoms with E-state index in [4.69, 9.17) is 0 Å². The molecule has 2 aromatic heterocycles. The van der Waals surface area contributed by atoms with Crippen LogP contribution in [0.15, 0.2) is 65.8 Å². The van der Waals surface area contributed by atoms with Crippen LogP contribution in [-0.4, -0.2) is 30.4 Å². The van der Waals surface area contributed by atoms with Gasteiger partial charge in [0.1, 0.15) is 10.6 Å². The van der Waals surface area contributed by atoms with E-state index in [0.29, 0.717) is 18.7 Å². The Hall–Kier alpha value is -3.13. The summed E-state index contributed by atoms with van der Waals surface area (Å²) in [6.07, 6.45) is 3.81. The summed E-state index contributed by atoms with van der Waals surface area (Å²) >= 11 is 0. The number of amides is 1. The Balaban J connectivity index is 1.56. The number of hydrogen-bond acceptors (Lipinski definition) is 4. The van der Waals surface area contributed by atoms with Gasteiger partial charge in [-0.1, -0.05) is 24.3 Å². The average Bonchev–Trinajstić information content (AvgIpc) is 3.31. The number of anilines is 1. The van der Waals surface area contributed by atoms with Crippen molar-refractivity contribution < 1.29 is 13.2 Å². The number of pyridine rings is 1. The molecule has 144 valence electrons. The van der Waals surface area contributed by atoms with E-state index in [-0.39, 0.29) is 23.0 Å². The molecule has 0 fully saturated rings. The molecule has 28 heavy (non-hydrogen) atoms. The molecule has 0 saturated carbocycles. The number of benzene rings is 1. The summed E-state index contributed by atoms with van der Waals surface area (Å²) in [7, 11) is -2.07. The quantitative estimate of drug-likeness (QED) is 0.716. The number of rotatable bonds is 5. The van der Waals surface area contributed by atoms with Gasteiger partial charge < -0.3 is 9.88 Å². The van der Waals surface area contributed by atoms with E-state index in [1.165, 1.54) is 21.1 Å². The van der Waals surface area contributed by atoms with Gasteiger partial charge in [-0.25, -0.2) is 8.42 Å². The lowest BCUT2D eigenvalue weighted by atomic mass is 10.2. The largest absolute Gasteiger partial charge is 0.345 e. The maximum absolute atomic E-state index is 13.1. The third-order valence-electron chi connectivity index (χ3n) is 4.80. The second-order valence-corrected chi connectivity index (χ2v) is 8.49. The SMILES string of the molecule is Cn1cc(S(=O)(=O)N2CCc3ccccc32)cc1C(=O)NCc1ccccn1. The molecular formula is C20H20N4O3S. The molecular weight excluding hydrogens is 376 g/mol. The smallest absolute Gasteiger partial charge is 0.268 e. The fourth-order valence-corrected chi connectivity index (χ4v) is 4.93. The number of aromatic nitrogens is 2. The molecule has 1 amide bonds. The van der Waals surface area contributed by atoms with Crippen LogP contribution in [0.4, 0.5) is 5.69 Å². The van der Waals surface area contributed by atoms with Crippen molar-refractivity contribution in [3.8, 4) is 0 Å². The molecule has 1 aromatic carbocycles. The summed E-state index contributed by atoms with van der Waals surface area (Å²) in [5.41, 5.74) is 2.72. The maximum atomic E-state index is 13.1. The van der Waals surface area contributed by atoms with Crippen LogP contribution in [0.1, 0.15) is 21.7 Å². The Bertz CT molecular complexity index is 1120. The molecule has 0 bridgehead atoms. The lowest BCUT2D eigenvalue weighted by Gasteiger charge is -2.18. The first-order valence-electron chi connectivity index (χ1n) is 8.92. The molecule has 0 radical (unpaired) electrons. The molecule has 3 aromatic rings. The van der Waals surface area contributed by atoms with Gasteiger partial charge in [0.05, 0.1) is 17.9 Å². The highest BCUT2D eigenvalue weighted by atomic mass is 32.2. The van der Waals surface area contributed by atoms with Crippen LogP contribution in [0.2, 0.25) is 0 Å². The molecule has 0 unspecified atom stereocenters. The zero-order valence-corrected chi connectivity index (χ0v) is 16.2. The van der Waals surface area contributed by atoms with E-state index < -0.39 is 10.0 Å². The fraction of sp³-hybridized carbons (Fsp3) is 0.200. The molecule has 0 spiro atoms. The van der Waals surface area contributed by atoms with Gasteiger partial charge in [0.15, 0.2) is 0 Å². The van der Waals surface area contributed by atoms with Crippen LogP contribution >= 0.6 is 0 Å². The molecule has 1 aliphatic rings. The van der Waals surface area contributed by atoms with E-state index >= 15 is 0 Å². The number of carbonyl (C=O) groups is 1. The van der Waals surface area contributed by atoms with Crippen LogP contribution in [0.3, 0.4) is 0 Å². The molecule has 1 N–H and O–H groups in total. The van der Waals surface area contributed by atoms with Gasteiger partial charge in [0, 0.05) is 26.0 Å². The van der Waals surface area contributed by atoms with Crippen molar-refractivity contribution in [1.29, 1.82) is 0 Å². The highest BCUT2D eigenvalue weighted by molar-refractivity contribution is 7.92. The van der Waals surface area contributed by atoms with Crippen LogP contribution in [0.5, 0.6) is 0 Å². The predicted octanol–water partition coefficient (Wildman–Crippen LogP) is 2.10. The van der Waals surface area contributed by atoms with Gasteiger partial charge in [-0.05, 0) is 36.2 Å². The summed E-state index contributed by atoms with van der Waals surface area (Å²) in [5.74, 6) is -0.351. The fourth-order valence-electron chi connectivity index (χ4n) is 3.35. The van der Waals surface area contributed by atoms with Gasteiger partial charge in [0.2, 0.25) is 0 Å². The summed E-state index contributed by atoms with van der Waals surface area (Å²) < 4.78 is 29.2.